The maximum Gasteiger partial charge on any atom is 0.261 e. The molecule has 4 rings (SSSR count). The third-order valence-corrected chi connectivity index (χ3v) is 7.34. The highest BCUT2D eigenvalue weighted by molar-refractivity contribution is 9.11. The van der Waals surface area contributed by atoms with E-state index in [0.29, 0.717) is 43.3 Å². The van der Waals surface area contributed by atoms with Gasteiger partial charge in [-0.15, -0.1) is 0 Å². The van der Waals surface area contributed by atoms with Crippen molar-refractivity contribution in [1.29, 1.82) is 5.26 Å². The second kappa shape index (κ2) is 12.0. The molecule has 0 atom stereocenters. The minimum Gasteiger partial charge on any atom is -0.487 e. The van der Waals surface area contributed by atoms with Gasteiger partial charge in [0.25, 0.3) is 5.91 Å². The molecule has 0 aliphatic heterocycles. The van der Waals surface area contributed by atoms with E-state index in [1.54, 1.807) is 30.3 Å². The summed E-state index contributed by atoms with van der Waals surface area (Å²) < 4.78 is 7.27. The second-order valence-electron chi connectivity index (χ2n) is 7.89. The molecule has 5 nitrogen and oxygen atoms in total. The third kappa shape index (κ3) is 6.32. The number of H-pyrrole nitrogens is 1. The number of aromatic amines is 1. The summed E-state index contributed by atoms with van der Waals surface area (Å²) in [6.45, 7) is 0.695. The lowest BCUT2D eigenvalue weighted by Crippen LogP contribution is -2.26. The molecule has 0 saturated heterocycles. The molecule has 0 spiro atoms. The fourth-order valence-corrected chi connectivity index (χ4v) is 5.42. The maximum absolute atomic E-state index is 12.6. The molecule has 9 heteroatoms. The number of fused-ring (bicyclic) bond motifs is 1. The van der Waals surface area contributed by atoms with Crippen LogP contribution in [0.15, 0.2) is 75.3 Å². The number of aromatic nitrogens is 1. The van der Waals surface area contributed by atoms with Crippen molar-refractivity contribution in [1.82, 2.24) is 10.3 Å². The quantitative estimate of drug-likeness (QED) is 0.151. The number of carbonyl (C=O) groups excluding carboxylic acids is 1. The fourth-order valence-electron chi connectivity index (χ4n) is 3.65. The van der Waals surface area contributed by atoms with E-state index in [-0.39, 0.29) is 12.2 Å². The van der Waals surface area contributed by atoms with Crippen molar-refractivity contribution in [3.63, 3.8) is 0 Å². The highest BCUT2D eigenvalue weighted by atomic mass is 79.9. The van der Waals surface area contributed by atoms with Gasteiger partial charge >= 0.3 is 0 Å². The summed E-state index contributed by atoms with van der Waals surface area (Å²) in [6, 6.07) is 18.9. The van der Waals surface area contributed by atoms with E-state index in [2.05, 4.69) is 42.2 Å². The minimum atomic E-state index is -0.426. The van der Waals surface area contributed by atoms with Crippen LogP contribution in [0.25, 0.3) is 17.0 Å². The van der Waals surface area contributed by atoms with Crippen LogP contribution in [0.4, 0.5) is 0 Å². The Bertz CT molecular complexity index is 1490. The monoisotopic (exact) mass is 645 g/mol. The largest absolute Gasteiger partial charge is 0.487 e. The number of nitrogens with one attached hydrogen (secondary N) is 2. The Kier molecular flexibility index (Phi) is 8.76. The number of halogens is 4. The van der Waals surface area contributed by atoms with Gasteiger partial charge in [0.1, 0.15) is 24.0 Å². The highest BCUT2D eigenvalue weighted by Crippen LogP contribution is 2.36. The van der Waals surface area contributed by atoms with E-state index in [0.717, 1.165) is 22.0 Å². The fraction of sp³-hybridized carbons (Fsp3) is 0.111. The smallest absolute Gasteiger partial charge is 0.261 e. The summed E-state index contributed by atoms with van der Waals surface area (Å²) in [6.07, 6.45) is 4.13. The average molecular weight is 648 g/mol. The Morgan fingerprint density at radius 1 is 1.08 bits per heavy atom. The molecule has 0 fully saturated rings. The Morgan fingerprint density at radius 3 is 2.56 bits per heavy atom. The van der Waals surface area contributed by atoms with Gasteiger partial charge in [-0.25, -0.2) is 0 Å². The van der Waals surface area contributed by atoms with Crippen LogP contribution in [0.5, 0.6) is 5.75 Å². The summed E-state index contributed by atoms with van der Waals surface area (Å²) >= 11 is 19.1. The standard InChI is InChI=1S/C27H19Br2Cl2N3O2/c28-21-10-17(11-22(29)26(21)36-15-16-5-6-23(30)24(31)12-16)9-19(13-32)27(35)33-8-7-18-14-34-25-4-2-1-3-20(18)25/h1-6,9-12,14,34H,7-8,15H2,(H,33,35)/b19-9-. The van der Waals surface area contributed by atoms with Crippen molar-refractivity contribution < 1.29 is 9.53 Å². The van der Waals surface area contributed by atoms with Crippen LogP contribution < -0.4 is 10.1 Å². The second-order valence-corrected chi connectivity index (χ2v) is 10.4. The Morgan fingerprint density at radius 2 is 1.83 bits per heavy atom. The molecule has 0 bridgehead atoms. The van der Waals surface area contributed by atoms with Gasteiger partial charge in [0.05, 0.1) is 19.0 Å². The van der Waals surface area contributed by atoms with Crippen molar-refractivity contribution in [3.05, 3.63) is 102 Å². The van der Waals surface area contributed by atoms with Crippen LogP contribution in [0, 0.1) is 11.3 Å². The third-order valence-electron chi connectivity index (χ3n) is 5.42. The summed E-state index contributed by atoms with van der Waals surface area (Å²) in [7, 11) is 0. The molecule has 0 radical (unpaired) electrons. The molecule has 0 aliphatic rings. The van der Waals surface area contributed by atoms with Crippen molar-refractivity contribution in [2.24, 2.45) is 0 Å². The van der Waals surface area contributed by atoms with Crippen molar-refractivity contribution in [2.45, 2.75) is 13.0 Å². The predicted octanol–water partition coefficient (Wildman–Crippen LogP) is 7.84. The van der Waals surface area contributed by atoms with Gasteiger partial charge in [-0.05, 0) is 91.4 Å². The molecular formula is C27H19Br2Cl2N3O2. The lowest BCUT2D eigenvalue weighted by Gasteiger charge is -2.12. The number of amides is 1. The van der Waals surface area contributed by atoms with E-state index in [4.69, 9.17) is 27.9 Å². The van der Waals surface area contributed by atoms with E-state index >= 15 is 0 Å². The SMILES string of the molecule is N#C/C(=C/c1cc(Br)c(OCc2ccc(Cl)c(Cl)c2)c(Br)c1)C(=O)NCCc1c[nH]c2ccccc12. The number of hydrogen-bond acceptors (Lipinski definition) is 3. The summed E-state index contributed by atoms with van der Waals surface area (Å²) in [5, 5.41) is 14.5. The topological polar surface area (TPSA) is 77.9 Å². The predicted molar refractivity (Wildman–Crippen MR) is 151 cm³/mol. The van der Waals surface area contributed by atoms with Gasteiger partial charge < -0.3 is 15.0 Å². The van der Waals surface area contributed by atoms with E-state index in [1.807, 2.05) is 42.6 Å². The Labute approximate surface area is 235 Å². The number of rotatable bonds is 8. The first-order chi connectivity index (χ1) is 17.4. The maximum atomic E-state index is 12.6. The molecule has 1 aromatic heterocycles. The Balaban J connectivity index is 1.41. The summed E-state index contributed by atoms with van der Waals surface area (Å²) in [4.78, 5) is 15.9. The van der Waals surface area contributed by atoms with Gasteiger partial charge in [0, 0.05) is 23.6 Å². The Hall–Kier alpha value is -2.76. The molecule has 36 heavy (non-hydrogen) atoms. The number of nitrogens with zero attached hydrogens (tertiary/aromatic N) is 1. The number of carbonyl (C=O) groups is 1. The molecule has 3 aromatic carbocycles. The van der Waals surface area contributed by atoms with Gasteiger partial charge in [0.2, 0.25) is 0 Å². The average Bonchev–Trinajstić information content (AvgIpc) is 3.27. The first-order valence-corrected chi connectivity index (χ1v) is 13.2. The van der Waals surface area contributed by atoms with Crippen LogP contribution in [0.1, 0.15) is 16.7 Å². The number of ether oxygens (including phenoxy) is 1. The zero-order chi connectivity index (χ0) is 25.7. The number of benzene rings is 3. The van der Waals surface area contributed by atoms with Gasteiger partial charge in [-0.2, -0.15) is 5.26 Å². The zero-order valence-electron chi connectivity index (χ0n) is 18.7. The van der Waals surface area contributed by atoms with E-state index < -0.39 is 5.91 Å². The van der Waals surface area contributed by atoms with Crippen LogP contribution in [0.3, 0.4) is 0 Å². The number of para-hydroxylation sites is 1. The van der Waals surface area contributed by atoms with Crippen molar-refractivity contribution >= 4 is 77.9 Å². The van der Waals surface area contributed by atoms with E-state index in [1.165, 1.54) is 0 Å². The van der Waals surface area contributed by atoms with Gasteiger partial charge in [-0.3, -0.25) is 4.79 Å². The number of hydrogen-bond donors (Lipinski definition) is 2. The van der Waals surface area contributed by atoms with Gasteiger partial charge in [-0.1, -0.05) is 47.5 Å². The summed E-state index contributed by atoms with van der Waals surface area (Å²) in [5.41, 5.74) is 3.70. The molecule has 0 saturated carbocycles. The first-order valence-electron chi connectivity index (χ1n) is 10.9. The molecule has 4 aromatic rings. The minimum absolute atomic E-state index is 0.0113. The molecule has 0 unspecified atom stereocenters. The lowest BCUT2D eigenvalue weighted by molar-refractivity contribution is -0.117. The van der Waals surface area contributed by atoms with Crippen molar-refractivity contribution in [3.8, 4) is 11.8 Å². The lowest BCUT2D eigenvalue weighted by atomic mass is 10.1. The van der Waals surface area contributed by atoms with Crippen LogP contribution in [-0.2, 0) is 17.8 Å². The highest BCUT2D eigenvalue weighted by Gasteiger charge is 2.13. The molecule has 0 aliphatic carbocycles. The molecule has 182 valence electrons. The normalized spacial score (nSPS) is 11.4. The molecular weight excluding hydrogens is 629 g/mol. The van der Waals surface area contributed by atoms with E-state index in [9.17, 15) is 10.1 Å². The van der Waals surface area contributed by atoms with Gasteiger partial charge in [0.15, 0.2) is 0 Å². The van der Waals surface area contributed by atoms with Crippen LogP contribution in [-0.4, -0.2) is 17.4 Å². The molecule has 1 heterocycles. The van der Waals surface area contributed by atoms with Crippen molar-refractivity contribution in [2.75, 3.05) is 6.54 Å². The molecule has 1 amide bonds. The van der Waals surface area contributed by atoms with Crippen LogP contribution in [0.2, 0.25) is 10.0 Å². The zero-order valence-corrected chi connectivity index (χ0v) is 23.4. The van der Waals surface area contributed by atoms with Crippen LogP contribution >= 0.6 is 55.1 Å². The number of nitriles is 1. The summed E-state index contributed by atoms with van der Waals surface area (Å²) in [5.74, 6) is 0.157. The first kappa shape index (κ1) is 26.3. The molecule has 2 N–H and O–H groups in total.